The van der Waals surface area contributed by atoms with Crippen LogP contribution in [0, 0.1) is 11.8 Å². The van der Waals surface area contributed by atoms with E-state index in [1.54, 1.807) is 7.11 Å². The summed E-state index contributed by atoms with van der Waals surface area (Å²) < 4.78 is 5.24. The van der Waals surface area contributed by atoms with Crippen molar-refractivity contribution < 1.29 is 19.4 Å². The van der Waals surface area contributed by atoms with Crippen molar-refractivity contribution in [3.05, 3.63) is 29.8 Å². The molecular weight excluding hydrogens is 270 g/mol. The van der Waals surface area contributed by atoms with Crippen LogP contribution >= 0.6 is 0 Å². The highest BCUT2D eigenvalue weighted by atomic mass is 16.5. The number of ether oxygens (including phenoxy) is 1. The molecule has 0 saturated heterocycles. The lowest BCUT2D eigenvalue weighted by Gasteiger charge is -2.27. The smallest absolute Gasteiger partial charge is 0.307 e. The Morgan fingerprint density at radius 1 is 1.24 bits per heavy atom. The van der Waals surface area contributed by atoms with Gasteiger partial charge in [-0.2, -0.15) is 0 Å². The Morgan fingerprint density at radius 3 is 2.57 bits per heavy atom. The molecule has 1 aliphatic carbocycles. The minimum absolute atomic E-state index is 0.173. The van der Waals surface area contributed by atoms with Gasteiger partial charge in [-0.15, -0.1) is 0 Å². The quantitative estimate of drug-likeness (QED) is 0.872. The largest absolute Gasteiger partial charge is 0.496 e. The van der Waals surface area contributed by atoms with Gasteiger partial charge in [-0.1, -0.05) is 31.0 Å². The predicted molar refractivity (Wildman–Crippen MR) is 77.9 cm³/mol. The maximum Gasteiger partial charge on any atom is 0.307 e. The standard InChI is InChI=1S/C16H21NO4/c1-21-14-9-5-2-6-11(14)10-17-15(18)12-7-3-4-8-13(12)16(19)20/h2,5-6,9,12-13H,3-4,7-8,10H2,1H3,(H,17,18)(H,19,20). The van der Waals surface area contributed by atoms with E-state index in [2.05, 4.69) is 5.32 Å². The van der Waals surface area contributed by atoms with E-state index in [1.807, 2.05) is 24.3 Å². The fourth-order valence-corrected chi connectivity index (χ4v) is 2.90. The lowest BCUT2D eigenvalue weighted by atomic mass is 9.78. The number of amides is 1. The van der Waals surface area contributed by atoms with Gasteiger partial charge in [0.1, 0.15) is 5.75 Å². The van der Waals surface area contributed by atoms with E-state index in [0.717, 1.165) is 24.2 Å². The lowest BCUT2D eigenvalue weighted by molar-refractivity contribution is -0.148. The van der Waals surface area contributed by atoms with Crippen LogP contribution in [-0.4, -0.2) is 24.1 Å². The molecule has 5 nitrogen and oxygen atoms in total. The van der Waals surface area contributed by atoms with Crippen molar-refractivity contribution in [2.45, 2.75) is 32.2 Å². The molecule has 0 radical (unpaired) electrons. The Labute approximate surface area is 124 Å². The van der Waals surface area contributed by atoms with Crippen LogP contribution < -0.4 is 10.1 Å². The highest BCUT2D eigenvalue weighted by molar-refractivity contribution is 5.84. The minimum Gasteiger partial charge on any atom is -0.496 e. The number of carboxylic acids is 1. The molecule has 1 saturated carbocycles. The van der Waals surface area contributed by atoms with Crippen LogP contribution in [0.1, 0.15) is 31.2 Å². The fraction of sp³-hybridized carbons (Fsp3) is 0.500. The summed E-state index contributed by atoms with van der Waals surface area (Å²) in [6.45, 7) is 0.353. The SMILES string of the molecule is COc1ccccc1CNC(=O)C1CCCCC1C(=O)O. The Bertz CT molecular complexity index is 515. The molecule has 0 aliphatic heterocycles. The normalized spacial score (nSPS) is 21.6. The molecule has 0 aromatic heterocycles. The first kappa shape index (κ1) is 15.4. The molecule has 0 heterocycles. The van der Waals surface area contributed by atoms with E-state index < -0.39 is 17.8 Å². The molecular formula is C16H21NO4. The van der Waals surface area contributed by atoms with Crippen LogP contribution in [0.2, 0.25) is 0 Å². The zero-order chi connectivity index (χ0) is 15.2. The highest BCUT2D eigenvalue weighted by Gasteiger charge is 2.35. The maximum atomic E-state index is 12.3. The van der Waals surface area contributed by atoms with Crippen molar-refractivity contribution >= 4 is 11.9 Å². The number of hydrogen-bond donors (Lipinski definition) is 2. The number of benzene rings is 1. The monoisotopic (exact) mass is 291 g/mol. The second kappa shape index (κ2) is 7.11. The van der Waals surface area contributed by atoms with Gasteiger partial charge in [-0.25, -0.2) is 0 Å². The second-order valence-corrected chi connectivity index (χ2v) is 5.37. The van der Waals surface area contributed by atoms with Gasteiger partial charge < -0.3 is 15.2 Å². The van der Waals surface area contributed by atoms with Gasteiger partial charge in [0.2, 0.25) is 5.91 Å². The number of nitrogens with one attached hydrogen (secondary N) is 1. The van der Waals surface area contributed by atoms with Crippen molar-refractivity contribution in [2.24, 2.45) is 11.8 Å². The van der Waals surface area contributed by atoms with Gasteiger partial charge in [-0.05, 0) is 18.9 Å². The van der Waals surface area contributed by atoms with Crippen LogP contribution in [0.3, 0.4) is 0 Å². The summed E-state index contributed by atoms with van der Waals surface area (Å²) in [5.41, 5.74) is 0.885. The summed E-state index contributed by atoms with van der Waals surface area (Å²) >= 11 is 0. The molecule has 0 bridgehead atoms. The van der Waals surface area contributed by atoms with Gasteiger partial charge in [-0.3, -0.25) is 9.59 Å². The molecule has 1 amide bonds. The summed E-state index contributed by atoms with van der Waals surface area (Å²) in [6, 6.07) is 7.47. The van der Waals surface area contributed by atoms with Crippen molar-refractivity contribution in [2.75, 3.05) is 7.11 Å². The number of methoxy groups -OCH3 is 1. The van der Waals surface area contributed by atoms with Crippen LogP contribution in [-0.2, 0) is 16.1 Å². The van der Waals surface area contributed by atoms with Crippen LogP contribution in [0.5, 0.6) is 5.75 Å². The third kappa shape index (κ3) is 3.74. The Kier molecular flexibility index (Phi) is 5.20. The average molecular weight is 291 g/mol. The zero-order valence-corrected chi connectivity index (χ0v) is 12.2. The molecule has 114 valence electrons. The molecule has 21 heavy (non-hydrogen) atoms. The number of hydrogen-bond acceptors (Lipinski definition) is 3. The summed E-state index contributed by atoms with van der Waals surface area (Å²) in [5, 5.41) is 12.1. The minimum atomic E-state index is -0.868. The third-order valence-corrected chi connectivity index (χ3v) is 4.07. The molecule has 1 fully saturated rings. The molecule has 0 spiro atoms. The fourth-order valence-electron chi connectivity index (χ4n) is 2.90. The van der Waals surface area contributed by atoms with Gasteiger partial charge in [0.05, 0.1) is 18.9 Å². The zero-order valence-electron chi connectivity index (χ0n) is 12.2. The van der Waals surface area contributed by atoms with E-state index in [0.29, 0.717) is 19.4 Å². The average Bonchev–Trinajstić information content (AvgIpc) is 2.52. The third-order valence-electron chi connectivity index (χ3n) is 4.07. The molecule has 1 aromatic rings. The van der Waals surface area contributed by atoms with Crippen LogP contribution in [0.4, 0.5) is 0 Å². The summed E-state index contributed by atoms with van der Waals surface area (Å²) in [7, 11) is 1.59. The highest BCUT2D eigenvalue weighted by Crippen LogP contribution is 2.30. The molecule has 5 heteroatoms. The van der Waals surface area contributed by atoms with E-state index in [4.69, 9.17) is 4.74 Å². The van der Waals surface area contributed by atoms with Crippen molar-refractivity contribution in [1.82, 2.24) is 5.32 Å². The number of para-hydroxylation sites is 1. The molecule has 2 N–H and O–H groups in total. The molecule has 2 rings (SSSR count). The molecule has 2 unspecified atom stereocenters. The van der Waals surface area contributed by atoms with Gasteiger partial charge >= 0.3 is 5.97 Å². The summed E-state index contributed by atoms with van der Waals surface area (Å²) in [4.78, 5) is 23.5. The summed E-state index contributed by atoms with van der Waals surface area (Å²) in [6.07, 6.45) is 3.03. The Hall–Kier alpha value is -2.04. The Balaban J connectivity index is 1.99. The number of rotatable bonds is 5. The van der Waals surface area contributed by atoms with Crippen molar-refractivity contribution in [3.63, 3.8) is 0 Å². The first-order chi connectivity index (χ1) is 10.1. The van der Waals surface area contributed by atoms with E-state index in [-0.39, 0.29) is 5.91 Å². The number of carbonyl (C=O) groups is 2. The van der Waals surface area contributed by atoms with Crippen molar-refractivity contribution in [1.29, 1.82) is 0 Å². The number of aliphatic carboxylic acids is 1. The van der Waals surface area contributed by atoms with Crippen molar-refractivity contribution in [3.8, 4) is 5.75 Å². The van der Waals surface area contributed by atoms with E-state index >= 15 is 0 Å². The van der Waals surface area contributed by atoms with Crippen LogP contribution in [0.25, 0.3) is 0 Å². The first-order valence-corrected chi connectivity index (χ1v) is 7.26. The molecule has 1 aliphatic rings. The summed E-state index contributed by atoms with van der Waals surface area (Å²) in [5.74, 6) is -1.31. The molecule has 2 atom stereocenters. The van der Waals surface area contributed by atoms with Gasteiger partial charge in [0.25, 0.3) is 0 Å². The van der Waals surface area contributed by atoms with E-state index in [9.17, 15) is 14.7 Å². The van der Waals surface area contributed by atoms with Crippen LogP contribution in [0.15, 0.2) is 24.3 Å². The predicted octanol–water partition coefficient (Wildman–Crippen LogP) is 2.20. The number of carbonyl (C=O) groups excluding carboxylic acids is 1. The topological polar surface area (TPSA) is 75.6 Å². The number of carboxylic acid groups (broad SMARTS) is 1. The lowest BCUT2D eigenvalue weighted by Crippen LogP contribution is -2.39. The van der Waals surface area contributed by atoms with Gasteiger partial charge in [0.15, 0.2) is 0 Å². The van der Waals surface area contributed by atoms with E-state index in [1.165, 1.54) is 0 Å². The van der Waals surface area contributed by atoms with Gasteiger partial charge in [0, 0.05) is 12.1 Å². The first-order valence-electron chi connectivity index (χ1n) is 7.26. The Morgan fingerprint density at radius 2 is 1.90 bits per heavy atom. The maximum absolute atomic E-state index is 12.3. The second-order valence-electron chi connectivity index (χ2n) is 5.37. The molecule has 1 aromatic carbocycles.